The second-order valence-electron chi connectivity index (χ2n) is 4.62. The van der Waals surface area contributed by atoms with E-state index in [0.29, 0.717) is 16.7 Å². The molecule has 1 N–H and O–H groups in total. The zero-order chi connectivity index (χ0) is 14.1. The molecule has 0 radical (unpaired) electrons. The largest absolute Gasteiger partial charge is 0.497 e. The molecule has 0 fully saturated rings. The molecule has 3 aromatic rings. The summed E-state index contributed by atoms with van der Waals surface area (Å²) in [6.07, 6.45) is 0. The number of H-pyrrole nitrogens is 1. The first-order valence-corrected chi connectivity index (χ1v) is 6.32. The van der Waals surface area contributed by atoms with Crippen molar-refractivity contribution in [2.24, 2.45) is 0 Å². The molecule has 0 unspecified atom stereocenters. The number of methoxy groups -OCH3 is 1. The van der Waals surface area contributed by atoms with Gasteiger partial charge in [-0.25, -0.2) is 4.98 Å². The van der Waals surface area contributed by atoms with Gasteiger partial charge < -0.3 is 9.72 Å². The Balaban J connectivity index is 2.20. The van der Waals surface area contributed by atoms with Crippen molar-refractivity contribution in [3.05, 3.63) is 58.6 Å². The quantitative estimate of drug-likeness (QED) is 0.776. The van der Waals surface area contributed by atoms with Gasteiger partial charge in [0.1, 0.15) is 11.6 Å². The average molecular weight is 266 g/mol. The summed E-state index contributed by atoms with van der Waals surface area (Å²) >= 11 is 0. The Kier molecular flexibility index (Phi) is 2.99. The molecule has 0 aliphatic heterocycles. The lowest BCUT2D eigenvalue weighted by Gasteiger charge is -2.06. The molecule has 0 atom stereocenters. The Hall–Kier alpha value is -2.62. The molecule has 0 saturated heterocycles. The minimum Gasteiger partial charge on any atom is -0.497 e. The van der Waals surface area contributed by atoms with Crippen LogP contribution in [0.25, 0.3) is 22.0 Å². The third kappa shape index (κ3) is 2.16. The maximum absolute atomic E-state index is 12.0. The van der Waals surface area contributed by atoms with E-state index >= 15 is 0 Å². The van der Waals surface area contributed by atoms with Crippen LogP contribution in [0.15, 0.2) is 47.3 Å². The number of hydrogen-bond acceptors (Lipinski definition) is 3. The Labute approximate surface area is 116 Å². The highest BCUT2D eigenvalue weighted by Crippen LogP contribution is 2.25. The SMILES string of the molecule is COc1cccc(-c2ccc3nc(C)[nH]c(=O)c3c2)c1. The van der Waals surface area contributed by atoms with E-state index in [1.54, 1.807) is 14.0 Å². The van der Waals surface area contributed by atoms with Gasteiger partial charge in [-0.2, -0.15) is 0 Å². The minimum absolute atomic E-state index is 0.114. The lowest BCUT2D eigenvalue weighted by Crippen LogP contribution is -2.09. The zero-order valence-corrected chi connectivity index (χ0v) is 11.3. The van der Waals surface area contributed by atoms with Crippen LogP contribution in [0.5, 0.6) is 5.75 Å². The van der Waals surface area contributed by atoms with Gasteiger partial charge in [-0.15, -0.1) is 0 Å². The van der Waals surface area contributed by atoms with Crippen molar-refractivity contribution in [1.82, 2.24) is 9.97 Å². The maximum atomic E-state index is 12.0. The van der Waals surface area contributed by atoms with E-state index in [4.69, 9.17) is 4.74 Å². The molecule has 0 spiro atoms. The van der Waals surface area contributed by atoms with Crippen molar-refractivity contribution in [1.29, 1.82) is 0 Å². The van der Waals surface area contributed by atoms with Crippen molar-refractivity contribution in [2.75, 3.05) is 7.11 Å². The van der Waals surface area contributed by atoms with E-state index in [1.807, 2.05) is 42.5 Å². The van der Waals surface area contributed by atoms with E-state index in [1.165, 1.54) is 0 Å². The fourth-order valence-corrected chi connectivity index (χ4v) is 2.24. The van der Waals surface area contributed by atoms with Crippen molar-refractivity contribution in [3.8, 4) is 16.9 Å². The molecule has 1 aromatic heterocycles. The van der Waals surface area contributed by atoms with Crippen molar-refractivity contribution < 1.29 is 4.74 Å². The predicted molar refractivity (Wildman–Crippen MR) is 79.1 cm³/mol. The van der Waals surface area contributed by atoms with Crippen LogP contribution in [0.3, 0.4) is 0 Å². The van der Waals surface area contributed by atoms with Gasteiger partial charge in [0.2, 0.25) is 0 Å². The summed E-state index contributed by atoms with van der Waals surface area (Å²) in [6, 6.07) is 13.4. The summed E-state index contributed by atoms with van der Waals surface area (Å²) in [5.74, 6) is 1.41. The number of fused-ring (bicyclic) bond motifs is 1. The summed E-state index contributed by atoms with van der Waals surface area (Å²) in [5, 5.41) is 0.593. The molecular weight excluding hydrogens is 252 g/mol. The smallest absolute Gasteiger partial charge is 0.258 e. The predicted octanol–water partition coefficient (Wildman–Crippen LogP) is 2.91. The van der Waals surface area contributed by atoms with Crippen molar-refractivity contribution >= 4 is 10.9 Å². The second kappa shape index (κ2) is 4.81. The third-order valence-electron chi connectivity index (χ3n) is 3.23. The van der Waals surface area contributed by atoms with Gasteiger partial charge in [-0.3, -0.25) is 4.79 Å². The number of aromatic nitrogens is 2. The van der Waals surface area contributed by atoms with E-state index in [-0.39, 0.29) is 5.56 Å². The highest BCUT2D eigenvalue weighted by Gasteiger charge is 2.05. The molecule has 1 heterocycles. The summed E-state index contributed by atoms with van der Waals surface area (Å²) in [6.45, 7) is 1.77. The number of rotatable bonds is 2. The average Bonchev–Trinajstić information content (AvgIpc) is 2.47. The summed E-state index contributed by atoms with van der Waals surface area (Å²) in [7, 11) is 1.64. The number of aryl methyl sites for hydroxylation is 1. The molecule has 0 amide bonds. The second-order valence-corrected chi connectivity index (χ2v) is 4.62. The Morgan fingerprint density at radius 3 is 2.70 bits per heavy atom. The van der Waals surface area contributed by atoms with Crippen LogP contribution in [-0.2, 0) is 0 Å². The third-order valence-corrected chi connectivity index (χ3v) is 3.23. The highest BCUT2D eigenvalue weighted by molar-refractivity contribution is 5.83. The molecule has 0 saturated carbocycles. The molecule has 0 aliphatic rings. The van der Waals surface area contributed by atoms with Gasteiger partial charge in [-0.05, 0) is 42.3 Å². The Morgan fingerprint density at radius 1 is 1.10 bits per heavy atom. The van der Waals surface area contributed by atoms with Crippen LogP contribution in [0, 0.1) is 6.92 Å². The molecule has 20 heavy (non-hydrogen) atoms. The number of hydrogen-bond donors (Lipinski definition) is 1. The van der Waals surface area contributed by atoms with Gasteiger partial charge in [0, 0.05) is 0 Å². The first-order chi connectivity index (χ1) is 9.67. The first-order valence-electron chi connectivity index (χ1n) is 6.32. The number of nitrogens with zero attached hydrogens (tertiary/aromatic N) is 1. The van der Waals surface area contributed by atoms with Crippen LogP contribution in [0.1, 0.15) is 5.82 Å². The number of ether oxygens (including phenoxy) is 1. The van der Waals surface area contributed by atoms with Crippen LogP contribution < -0.4 is 10.3 Å². The monoisotopic (exact) mass is 266 g/mol. The Morgan fingerprint density at radius 2 is 1.90 bits per heavy atom. The molecule has 4 heteroatoms. The van der Waals surface area contributed by atoms with Gasteiger partial charge in [0.15, 0.2) is 0 Å². The molecule has 100 valence electrons. The lowest BCUT2D eigenvalue weighted by atomic mass is 10.0. The van der Waals surface area contributed by atoms with E-state index in [2.05, 4.69) is 9.97 Å². The fourth-order valence-electron chi connectivity index (χ4n) is 2.24. The maximum Gasteiger partial charge on any atom is 0.258 e. The van der Waals surface area contributed by atoms with Crippen LogP contribution >= 0.6 is 0 Å². The Bertz CT molecular complexity index is 837. The lowest BCUT2D eigenvalue weighted by molar-refractivity contribution is 0.415. The van der Waals surface area contributed by atoms with Gasteiger partial charge >= 0.3 is 0 Å². The standard InChI is InChI=1S/C16H14N2O2/c1-10-17-15-7-6-12(9-14(15)16(19)18-10)11-4-3-5-13(8-11)20-2/h3-9H,1-2H3,(H,17,18,19). The van der Waals surface area contributed by atoms with Crippen LogP contribution in [-0.4, -0.2) is 17.1 Å². The number of aromatic amines is 1. The van der Waals surface area contributed by atoms with E-state index in [9.17, 15) is 4.79 Å². The number of nitrogens with one attached hydrogen (secondary N) is 1. The summed E-state index contributed by atoms with van der Waals surface area (Å²) in [5.41, 5.74) is 2.56. The van der Waals surface area contributed by atoms with Crippen LogP contribution in [0.2, 0.25) is 0 Å². The summed E-state index contributed by atoms with van der Waals surface area (Å²) < 4.78 is 5.22. The zero-order valence-electron chi connectivity index (χ0n) is 11.3. The molecule has 0 bridgehead atoms. The van der Waals surface area contributed by atoms with Gasteiger partial charge in [-0.1, -0.05) is 18.2 Å². The molecule has 0 aliphatic carbocycles. The first kappa shape index (κ1) is 12.4. The van der Waals surface area contributed by atoms with Crippen molar-refractivity contribution in [3.63, 3.8) is 0 Å². The fraction of sp³-hybridized carbons (Fsp3) is 0.125. The number of benzene rings is 2. The van der Waals surface area contributed by atoms with Gasteiger partial charge in [0.25, 0.3) is 5.56 Å². The normalized spacial score (nSPS) is 10.7. The van der Waals surface area contributed by atoms with E-state index < -0.39 is 0 Å². The summed E-state index contributed by atoms with van der Waals surface area (Å²) in [4.78, 5) is 19.0. The topological polar surface area (TPSA) is 55.0 Å². The van der Waals surface area contributed by atoms with Crippen molar-refractivity contribution in [2.45, 2.75) is 6.92 Å². The molecular formula is C16H14N2O2. The van der Waals surface area contributed by atoms with E-state index in [0.717, 1.165) is 16.9 Å². The molecule has 3 rings (SSSR count). The minimum atomic E-state index is -0.114. The highest BCUT2D eigenvalue weighted by atomic mass is 16.5. The molecule has 2 aromatic carbocycles. The van der Waals surface area contributed by atoms with Crippen LogP contribution in [0.4, 0.5) is 0 Å². The molecule has 4 nitrogen and oxygen atoms in total. The van der Waals surface area contributed by atoms with Gasteiger partial charge in [0.05, 0.1) is 18.0 Å².